The minimum absolute atomic E-state index is 0.281. The molecule has 0 aliphatic heterocycles. The van der Waals surface area contributed by atoms with Gasteiger partial charge in [0.1, 0.15) is 11.5 Å². The molecule has 0 spiro atoms. The Kier molecular flexibility index (Phi) is 3.98. The van der Waals surface area contributed by atoms with Crippen LogP contribution in [-0.4, -0.2) is 10.2 Å². The van der Waals surface area contributed by atoms with E-state index in [4.69, 9.17) is 0 Å². The Morgan fingerprint density at radius 1 is 0.818 bits per heavy atom. The summed E-state index contributed by atoms with van der Waals surface area (Å²) < 4.78 is 1.04. The number of phenolic OH excluding ortho intramolecular Hbond substituents is 2. The van der Waals surface area contributed by atoms with Crippen molar-refractivity contribution in [1.82, 2.24) is 0 Å². The topological polar surface area (TPSA) is 40.5 Å². The lowest BCUT2D eigenvalue weighted by molar-refractivity contribution is 0.474. The van der Waals surface area contributed by atoms with Crippen LogP contribution < -0.4 is 0 Å². The molecular formula is C18H15BrO2S. The second-order valence-corrected chi connectivity index (χ2v) is 7.19. The van der Waals surface area contributed by atoms with Crippen LogP contribution in [0.4, 0.5) is 0 Å². The van der Waals surface area contributed by atoms with Gasteiger partial charge in [0.25, 0.3) is 0 Å². The average Bonchev–Trinajstić information content (AvgIpc) is 2.80. The lowest BCUT2D eigenvalue weighted by Gasteiger charge is -2.05. The highest BCUT2D eigenvalue weighted by Crippen LogP contribution is 2.43. The number of thiophene rings is 1. The number of hydrogen-bond acceptors (Lipinski definition) is 3. The molecule has 3 aromatic rings. The summed E-state index contributed by atoms with van der Waals surface area (Å²) in [6, 6.07) is 12.9. The van der Waals surface area contributed by atoms with Crippen LogP contribution in [0.5, 0.6) is 11.5 Å². The van der Waals surface area contributed by atoms with Crippen LogP contribution in [0.15, 0.2) is 46.9 Å². The molecule has 0 fully saturated rings. The van der Waals surface area contributed by atoms with Crippen LogP contribution in [0.3, 0.4) is 0 Å². The second-order valence-electron chi connectivity index (χ2n) is 5.29. The molecule has 3 rings (SSSR count). The predicted octanol–water partition coefficient (Wildman–Crippen LogP) is 5.87. The van der Waals surface area contributed by atoms with Crippen molar-refractivity contribution < 1.29 is 10.2 Å². The minimum atomic E-state index is 0.281. The van der Waals surface area contributed by atoms with Crippen molar-refractivity contribution in [2.24, 2.45) is 0 Å². The molecule has 0 aliphatic rings. The predicted molar refractivity (Wildman–Crippen MR) is 95.7 cm³/mol. The number of hydrogen-bond donors (Lipinski definition) is 2. The summed E-state index contributed by atoms with van der Waals surface area (Å²) in [4.78, 5) is 2.28. The van der Waals surface area contributed by atoms with Crippen molar-refractivity contribution >= 4 is 27.3 Å². The highest BCUT2D eigenvalue weighted by atomic mass is 79.9. The Bertz CT molecular complexity index is 852. The fourth-order valence-electron chi connectivity index (χ4n) is 2.51. The Hall–Kier alpha value is -1.78. The third kappa shape index (κ3) is 2.76. The van der Waals surface area contributed by atoms with Gasteiger partial charge in [0.15, 0.2) is 0 Å². The normalized spacial score (nSPS) is 10.9. The Balaban J connectivity index is 2.11. The summed E-state index contributed by atoms with van der Waals surface area (Å²) in [5.74, 6) is 0.565. The van der Waals surface area contributed by atoms with Crippen LogP contribution in [0.25, 0.3) is 20.9 Å². The number of aromatic hydroxyl groups is 2. The molecule has 0 unspecified atom stereocenters. The first-order valence-electron chi connectivity index (χ1n) is 6.85. The maximum Gasteiger partial charge on any atom is 0.115 e. The quantitative estimate of drug-likeness (QED) is 0.588. The molecule has 112 valence electrons. The summed E-state index contributed by atoms with van der Waals surface area (Å²) in [6.45, 7) is 3.99. The van der Waals surface area contributed by atoms with Gasteiger partial charge in [-0.1, -0.05) is 0 Å². The molecule has 1 aromatic heterocycles. The maximum absolute atomic E-state index is 9.57. The molecule has 0 amide bonds. The van der Waals surface area contributed by atoms with Gasteiger partial charge in [-0.15, -0.1) is 11.3 Å². The Morgan fingerprint density at radius 2 is 1.36 bits per heavy atom. The molecule has 0 radical (unpaired) electrons. The molecule has 4 heteroatoms. The summed E-state index contributed by atoms with van der Waals surface area (Å²) in [7, 11) is 0. The number of aryl methyl sites for hydroxylation is 2. The van der Waals surface area contributed by atoms with Crippen molar-refractivity contribution in [3.63, 3.8) is 0 Å². The lowest BCUT2D eigenvalue weighted by Crippen LogP contribution is -1.80. The van der Waals surface area contributed by atoms with E-state index < -0.39 is 0 Å². The SMILES string of the molecule is Cc1cc(O)ccc1-c1cc(Br)c(-c2ccc(O)cc2C)s1. The molecule has 2 N–H and O–H groups in total. The number of benzene rings is 2. The van der Waals surface area contributed by atoms with Gasteiger partial charge in [0.2, 0.25) is 0 Å². The average molecular weight is 375 g/mol. The molecule has 0 atom stereocenters. The van der Waals surface area contributed by atoms with Crippen molar-refractivity contribution in [3.05, 3.63) is 58.1 Å². The molecule has 0 bridgehead atoms. The number of halogens is 1. The monoisotopic (exact) mass is 374 g/mol. The van der Waals surface area contributed by atoms with E-state index in [1.54, 1.807) is 35.6 Å². The van der Waals surface area contributed by atoms with E-state index >= 15 is 0 Å². The molecule has 22 heavy (non-hydrogen) atoms. The zero-order chi connectivity index (χ0) is 15.9. The van der Waals surface area contributed by atoms with Crippen molar-refractivity contribution in [1.29, 1.82) is 0 Å². The van der Waals surface area contributed by atoms with E-state index in [-0.39, 0.29) is 11.5 Å². The minimum Gasteiger partial charge on any atom is -0.508 e. The molecule has 0 saturated carbocycles. The summed E-state index contributed by atoms with van der Waals surface area (Å²) in [5, 5.41) is 19.1. The zero-order valence-electron chi connectivity index (χ0n) is 12.2. The third-order valence-electron chi connectivity index (χ3n) is 3.62. The van der Waals surface area contributed by atoms with Crippen molar-refractivity contribution in [2.75, 3.05) is 0 Å². The van der Waals surface area contributed by atoms with Gasteiger partial charge in [0, 0.05) is 14.2 Å². The summed E-state index contributed by atoms with van der Waals surface area (Å²) in [6.07, 6.45) is 0. The van der Waals surface area contributed by atoms with Gasteiger partial charge in [-0.2, -0.15) is 0 Å². The fraction of sp³-hybridized carbons (Fsp3) is 0.111. The van der Waals surface area contributed by atoms with Gasteiger partial charge in [-0.3, -0.25) is 0 Å². The van der Waals surface area contributed by atoms with E-state index in [1.807, 2.05) is 26.0 Å². The van der Waals surface area contributed by atoms with E-state index in [0.717, 1.165) is 36.5 Å². The highest BCUT2D eigenvalue weighted by Gasteiger charge is 2.14. The summed E-state index contributed by atoms with van der Waals surface area (Å²) >= 11 is 5.34. The summed E-state index contributed by atoms with van der Waals surface area (Å²) in [5.41, 5.74) is 4.31. The van der Waals surface area contributed by atoms with Gasteiger partial charge >= 0.3 is 0 Å². The molecule has 1 heterocycles. The Labute approximate surface area is 141 Å². The van der Waals surface area contributed by atoms with E-state index in [9.17, 15) is 10.2 Å². The molecule has 0 saturated heterocycles. The van der Waals surface area contributed by atoms with Gasteiger partial charge in [0.05, 0.1) is 0 Å². The molecule has 2 nitrogen and oxygen atoms in total. The second kappa shape index (κ2) is 5.78. The van der Waals surface area contributed by atoms with E-state index in [0.29, 0.717) is 0 Å². The smallest absolute Gasteiger partial charge is 0.115 e. The van der Waals surface area contributed by atoms with E-state index in [1.165, 1.54) is 0 Å². The first-order chi connectivity index (χ1) is 10.5. The van der Waals surface area contributed by atoms with Crippen LogP contribution >= 0.6 is 27.3 Å². The van der Waals surface area contributed by atoms with Crippen molar-refractivity contribution in [2.45, 2.75) is 13.8 Å². The number of rotatable bonds is 2. The van der Waals surface area contributed by atoms with Gasteiger partial charge in [-0.05, 0) is 94.5 Å². The zero-order valence-corrected chi connectivity index (χ0v) is 14.6. The fourth-order valence-corrected chi connectivity index (χ4v) is 4.58. The Morgan fingerprint density at radius 3 is 1.91 bits per heavy atom. The number of phenols is 2. The van der Waals surface area contributed by atoms with Crippen LogP contribution in [-0.2, 0) is 0 Å². The molecular weight excluding hydrogens is 360 g/mol. The van der Waals surface area contributed by atoms with Gasteiger partial charge in [-0.25, -0.2) is 0 Å². The molecule has 2 aromatic carbocycles. The third-order valence-corrected chi connectivity index (χ3v) is 5.71. The highest BCUT2D eigenvalue weighted by molar-refractivity contribution is 9.10. The maximum atomic E-state index is 9.57. The van der Waals surface area contributed by atoms with E-state index in [2.05, 4.69) is 22.0 Å². The first kappa shape index (κ1) is 15.1. The standard InChI is InChI=1S/C18H15BrO2S/c1-10-7-12(20)3-5-14(10)17-9-16(19)18(22-17)15-6-4-13(21)8-11(15)2/h3-9,20-21H,1-2H3. The molecule has 0 aliphatic carbocycles. The largest absolute Gasteiger partial charge is 0.508 e. The van der Waals surface area contributed by atoms with Crippen LogP contribution in [0.1, 0.15) is 11.1 Å². The van der Waals surface area contributed by atoms with Gasteiger partial charge < -0.3 is 10.2 Å². The first-order valence-corrected chi connectivity index (χ1v) is 8.46. The lowest BCUT2D eigenvalue weighted by atomic mass is 10.1. The van der Waals surface area contributed by atoms with Crippen LogP contribution in [0, 0.1) is 13.8 Å². The van der Waals surface area contributed by atoms with Crippen LogP contribution in [0.2, 0.25) is 0 Å². The van der Waals surface area contributed by atoms with Crippen molar-refractivity contribution in [3.8, 4) is 32.4 Å².